The molecule has 0 saturated carbocycles. The first-order valence-electron chi connectivity index (χ1n) is 7.41. The number of carbonyl (C=O) groups excluding carboxylic acids is 1. The van der Waals surface area contributed by atoms with Gasteiger partial charge >= 0.3 is 0 Å². The zero-order valence-corrected chi connectivity index (χ0v) is 12.5. The van der Waals surface area contributed by atoms with E-state index in [0.717, 1.165) is 30.8 Å². The van der Waals surface area contributed by atoms with Gasteiger partial charge in [-0.2, -0.15) is 5.10 Å². The van der Waals surface area contributed by atoms with E-state index < -0.39 is 0 Å². The topological polar surface area (TPSA) is 64.2 Å². The van der Waals surface area contributed by atoms with Crippen LogP contribution in [0.4, 0.5) is 4.39 Å². The van der Waals surface area contributed by atoms with Crippen LogP contribution in [0.3, 0.4) is 0 Å². The van der Waals surface area contributed by atoms with Gasteiger partial charge in [-0.05, 0) is 44.0 Å². The summed E-state index contributed by atoms with van der Waals surface area (Å²) >= 11 is 0. The lowest BCUT2D eigenvalue weighted by molar-refractivity contribution is 0.0708. The van der Waals surface area contributed by atoms with Crippen molar-refractivity contribution in [2.75, 3.05) is 13.1 Å². The third-order valence-electron chi connectivity index (χ3n) is 4.06. The summed E-state index contributed by atoms with van der Waals surface area (Å²) in [7, 11) is 0. The van der Waals surface area contributed by atoms with Crippen molar-refractivity contribution < 1.29 is 9.18 Å². The van der Waals surface area contributed by atoms with Gasteiger partial charge in [-0.3, -0.25) is 4.79 Å². The molecule has 0 unspecified atom stereocenters. The molecule has 1 fully saturated rings. The molecular formula is C16H19FN4O. The molecule has 0 bridgehead atoms. The van der Waals surface area contributed by atoms with E-state index in [1.807, 2.05) is 6.92 Å². The molecular weight excluding hydrogens is 283 g/mol. The largest absolute Gasteiger partial charge is 0.337 e. The number of aromatic nitrogens is 2. The van der Waals surface area contributed by atoms with Crippen LogP contribution >= 0.6 is 0 Å². The maximum absolute atomic E-state index is 13.0. The van der Waals surface area contributed by atoms with Crippen LogP contribution < -0.4 is 5.73 Å². The number of piperidine rings is 1. The van der Waals surface area contributed by atoms with Crippen molar-refractivity contribution in [1.82, 2.24) is 14.7 Å². The quantitative estimate of drug-likeness (QED) is 0.921. The lowest BCUT2D eigenvalue weighted by Crippen LogP contribution is -2.45. The molecule has 5 nitrogen and oxygen atoms in total. The van der Waals surface area contributed by atoms with E-state index in [4.69, 9.17) is 5.73 Å². The number of likely N-dealkylation sites (tertiary alicyclic amines) is 1. The number of nitrogens with zero attached hydrogens (tertiary/aromatic N) is 3. The van der Waals surface area contributed by atoms with Gasteiger partial charge in [0.2, 0.25) is 0 Å². The minimum absolute atomic E-state index is 0.0407. The molecule has 1 atom stereocenters. The molecule has 2 heterocycles. The Bertz CT molecular complexity index is 680. The molecule has 0 spiro atoms. The zero-order chi connectivity index (χ0) is 15.7. The molecule has 1 saturated heterocycles. The summed E-state index contributed by atoms with van der Waals surface area (Å²) in [5.74, 6) is -0.340. The predicted molar refractivity (Wildman–Crippen MR) is 81.4 cm³/mol. The second-order valence-corrected chi connectivity index (χ2v) is 5.69. The van der Waals surface area contributed by atoms with Crippen LogP contribution in [0.15, 0.2) is 30.5 Å². The Hall–Kier alpha value is -2.21. The Morgan fingerprint density at radius 2 is 2.09 bits per heavy atom. The molecule has 22 heavy (non-hydrogen) atoms. The fraction of sp³-hybridized carbons (Fsp3) is 0.375. The van der Waals surface area contributed by atoms with Gasteiger partial charge in [0.25, 0.3) is 5.91 Å². The average molecular weight is 302 g/mol. The maximum Gasteiger partial charge on any atom is 0.257 e. The minimum Gasteiger partial charge on any atom is -0.337 e. The van der Waals surface area contributed by atoms with E-state index in [-0.39, 0.29) is 17.8 Å². The number of amides is 1. The summed E-state index contributed by atoms with van der Waals surface area (Å²) in [6.07, 6.45) is 3.46. The molecule has 0 radical (unpaired) electrons. The normalized spacial score (nSPS) is 18.5. The summed E-state index contributed by atoms with van der Waals surface area (Å²) in [6, 6.07) is 6.08. The molecule has 2 aromatic rings. The number of nitrogens with two attached hydrogens (primary N) is 1. The molecule has 2 N–H and O–H groups in total. The SMILES string of the molecule is Cc1c(C(=O)N2CCC[C@H](N)C2)cnn1-c1ccc(F)cc1. The second-order valence-electron chi connectivity index (χ2n) is 5.69. The first kappa shape index (κ1) is 14.7. The molecule has 1 amide bonds. The Balaban J connectivity index is 1.86. The van der Waals surface area contributed by atoms with Crippen LogP contribution in [0.1, 0.15) is 28.9 Å². The zero-order valence-electron chi connectivity index (χ0n) is 12.5. The smallest absolute Gasteiger partial charge is 0.257 e. The number of hydrogen-bond donors (Lipinski definition) is 1. The fourth-order valence-corrected chi connectivity index (χ4v) is 2.83. The first-order chi connectivity index (χ1) is 10.6. The Morgan fingerprint density at radius 1 is 1.36 bits per heavy atom. The summed E-state index contributed by atoms with van der Waals surface area (Å²) in [5.41, 5.74) is 7.98. The van der Waals surface area contributed by atoms with Crippen LogP contribution in [0.25, 0.3) is 5.69 Å². The molecule has 3 rings (SSSR count). The highest BCUT2D eigenvalue weighted by atomic mass is 19.1. The number of carbonyl (C=O) groups is 1. The minimum atomic E-state index is -0.299. The maximum atomic E-state index is 13.0. The summed E-state index contributed by atoms with van der Waals surface area (Å²) in [6.45, 7) is 3.15. The van der Waals surface area contributed by atoms with Gasteiger partial charge in [-0.1, -0.05) is 0 Å². The van der Waals surface area contributed by atoms with Gasteiger partial charge in [-0.15, -0.1) is 0 Å². The van der Waals surface area contributed by atoms with Crippen molar-refractivity contribution in [3.8, 4) is 5.69 Å². The standard InChI is InChI=1S/C16H19FN4O/c1-11-15(16(22)20-8-2-3-13(18)10-20)9-19-21(11)14-6-4-12(17)5-7-14/h4-7,9,13H,2-3,8,10,18H2,1H3/t13-/m0/s1. The van der Waals surface area contributed by atoms with Crippen LogP contribution in [0, 0.1) is 12.7 Å². The van der Waals surface area contributed by atoms with Gasteiger partial charge in [0, 0.05) is 19.1 Å². The number of hydrogen-bond acceptors (Lipinski definition) is 3. The van der Waals surface area contributed by atoms with Crippen LogP contribution in [0.5, 0.6) is 0 Å². The highest BCUT2D eigenvalue weighted by molar-refractivity contribution is 5.95. The van der Waals surface area contributed by atoms with E-state index in [1.54, 1.807) is 27.9 Å². The van der Waals surface area contributed by atoms with Gasteiger partial charge in [0.05, 0.1) is 23.1 Å². The lowest BCUT2D eigenvalue weighted by atomic mass is 10.1. The molecule has 116 valence electrons. The Morgan fingerprint density at radius 3 is 2.77 bits per heavy atom. The third-order valence-corrected chi connectivity index (χ3v) is 4.06. The van der Waals surface area contributed by atoms with E-state index in [2.05, 4.69) is 5.10 Å². The second kappa shape index (κ2) is 5.88. The first-order valence-corrected chi connectivity index (χ1v) is 7.41. The highest BCUT2D eigenvalue weighted by Gasteiger charge is 2.25. The predicted octanol–water partition coefficient (Wildman–Crippen LogP) is 1.88. The molecule has 1 aromatic heterocycles. The average Bonchev–Trinajstić information content (AvgIpc) is 2.89. The third kappa shape index (κ3) is 2.74. The lowest BCUT2D eigenvalue weighted by Gasteiger charge is -2.30. The summed E-state index contributed by atoms with van der Waals surface area (Å²) < 4.78 is 14.7. The van der Waals surface area contributed by atoms with Crippen molar-refractivity contribution >= 4 is 5.91 Å². The number of rotatable bonds is 2. The molecule has 1 aliphatic heterocycles. The monoisotopic (exact) mass is 302 g/mol. The van der Waals surface area contributed by atoms with Crippen molar-refractivity contribution in [1.29, 1.82) is 0 Å². The molecule has 1 aromatic carbocycles. The summed E-state index contributed by atoms with van der Waals surface area (Å²) in [5, 5.41) is 4.27. The van der Waals surface area contributed by atoms with Crippen molar-refractivity contribution in [2.24, 2.45) is 5.73 Å². The molecule has 0 aliphatic carbocycles. The van der Waals surface area contributed by atoms with Crippen LogP contribution in [-0.4, -0.2) is 39.7 Å². The number of benzene rings is 1. The van der Waals surface area contributed by atoms with E-state index in [0.29, 0.717) is 12.1 Å². The van der Waals surface area contributed by atoms with Crippen LogP contribution in [-0.2, 0) is 0 Å². The Kier molecular flexibility index (Phi) is 3.94. The van der Waals surface area contributed by atoms with E-state index in [1.165, 1.54) is 12.1 Å². The van der Waals surface area contributed by atoms with Crippen molar-refractivity contribution in [3.05, 3.63) is 47.5 Å². The van der Waals surface area contributed by atoms with E-state index >= 15 is 0 Å². The molecule has 6 heteroatoms. The van der Waals surface area contributed by atoms with Crippen molar-refractivity contribution in [3.63, 3.8) is 0 Å². The van der Waals surface area contributed by atoms with E-state index in [9.17, 15) is 9.18 Å². The summed E-state index contributed by atoms with van der Waals surface area (Å²) in [4.78, 5) is 14.4. The van der Waals surface area contributed by atoms with Gasteiger partial charge in [0.1, 0.15) is 5.82 Å². The van der Waals surface area contributed by atoms with Gasteiger partial charge < -0.3 is 10.6 Å². The Labute approximate surface area is 128 Å². The van der Waals surface area contributed by atoms with Gasteiger partial charge in [0.15, 0.2) is 0 Å². The highest BCUT2D eigenvalue weighted by Crippen LogP contribution is 2.18. The molecule has 1 aliphatic rings. The van der Waals surface area contributed by atoms with Gasteiger partial charge in [-0.25, -0.2) is 9.07 Å². The number of halogens is 1. The fourth-order valence-electron chi connectivity index (χ4n) is 2.83. The van der Waals surface area contributed by atoms with Crippen LogP contribution in [0.2, 0.25) is 0 Å². The van der Waals surface area contributed by atoms with Crippen molar-refractivity contribution in [2.45, 2.75) is 25.8 Å².